The van der Waals surface area contributed by atoms with Crippen LogP contribution in [0.5, 0.6) is 0 Å². The third kappa shape index (κ3) is 4.83. The maximum Gasteiger partial charge on any atom is 0.332 e. The molecule has 2 aromatic carbocycles. The summed E-state index contributed by atoms with van der Waals surface area (Å²) in [6.45, 7) is 5.30. The Balaban J connectivity index is 1.57. The number of benzene rings is 2. The number of carbonyl (C=O) groups is 3. The average molecular weight is 393 g/mol. The number of imide groups is 1. The Kier molecular flexibility index (Phi) is 6.32. The number of hydrogen-bond donors (Lipinski definition) is 1. The zero-order valence-electron chi connectivity index (χ0n) is 17.1. The van der Waals surface area contributed by atoms with E-state index in [9.17, 15) is 14.4 Å². The van der Waals surface area contributed by atoms with Crippen LogP contribution in [0.4, 0.5) is 10.5 Å². The molecule has 1 aliphatic rings. The summed E-state index contributed by atoms with van der Waals surface area (Å²) < 4.78 is 0. The molecule has 0 aromatic heterocycles. The first-order valence-corrected chi connectivity index (χ1v) is 9.91. The van der Waals surface area contributed by atoms with E-state index in [1.807, 2.05) is 56.3 Å². The molecule has 4 amide bonds. The molecular formula is C23H27N3O3. The van der Waals surface area contributed by atoms with Gasteiger partial charge in [0.25, 0.3) is 5.91 Å². The van der Waals surface area contributed by atoms with Crippen molar-refractivity contribution in [2.75, 3.05) is 11.4 Å². The van der Waals surface area contributed by atoms with Crippen molar-refractivity contribution in [2.45, 2.75) is 45.7 Å². The zero-order chi connectivity index (χ0) is 21.0. The van der Waals surface area contributed by atoms with E-state index in [0.29, 0.717) is 5.69 Å². The normalized spacial score (nSPS) is 17.6. The Morgan fingerprint density at radius 2 is 1.72 bits per heavy atom. The topological polar surface area (TPSA) is 69.7 Å². The van der Waals surface area contributed by atoms with Gasteiger partial charge in [-0.3, -0.25) is 19.4 Å². The summed E-state index contributed by atoms with van der Waals surface area (Å²) >= 11 is 0. The second-order valence-electron chi connectivity index (χ2n) is 7.58. The molecule has 1 aliphatic heterocycles. The lowest BCUT2D eigenvalue weighted by atomic mass is 10.1. The van der Waals surface area contributed by atoms with Gasteiger partial charge in [-0.05, 0) is 51.3 Å². The molecule has 0 saturated carbocycles. The summed E-state index contributed by atoms with van der Waals surface area (Å²) in [5.41, 5.74) is 2.93. The van der Waals surface area contributed by atoms with Crippen molar-refractivity contribution >= 4 is 23.5 Å². The van der Waals surface area contributed by atoms with Crippen LogP contribution < -0.4 is 10.2 Å². The molecule has 0 radical (unpaired) electrons. The fourth-order valence-electron chi connectivity index (χ4n) is 3.47. The van der Waals surface area contributed by atoms with Crippen molar-refractivity contribution in [1.82, 2.24) is 10.2 Å². The van der Waals surface area contributed by atoms with Crippen LogP contribution in [-0.4, -0.2) is 41.4 Å². The number of rotatable bonds is 7. The molecule has 3 rings (SSSR count). The average Bonchev–Trinajstić information content (AvgIpc) is 2.91. The maximum atomic E-state index is 12.8. The van der Waals surface area contributed by atoms with Gasteiger partial charge in [0, 0.05) is 11.7 Å². The van der Waals surface area contributed by atoms with E-state index in [0.717, 1.165) is 23.3 Å². The molecule has 0 aliphatic carbocycles. The Labute approximate surface area is 171 Å². The predicted molar refractivity (Wildman–Crippen MR) is 113 cm³/mol. The number of amides is 4. The van der Waals surface area contributed by atoms with E-state index >= 15 is 0 Å². The van der Waals surface area contributed by atoms with Crippen LogP contribution in [0.1, 0.15) is 31.4 Å². The summed E-state index contributed by atoms with van der Waals surface area (Å²) in [5, 5.41) is 2.89. The minimum absolute atomic E-state index is 0.0545. The maximum absolute atomic E-state index is 12.8. The Hall–Kier alpha value is -3.15. The van der Waals surface area contributed by atoms with Crippen LogP contribution in [-0.2, 0) is 16.0 Å². The van der Waals surface area contributed by atoms with Gasteiger partial charge in [0.05, 0.1) is 0 Å². The van der Waals surface area contributed by atoms with Gasteiger partial charge in [-0.25, -0.2) is 4.79 Å². The van der Waals surface area contributed by atoms with E-state index < -0.39 is 12.1 Å². The Morgan fingerprint density at radius 3 is 2.38 bits per heavy atom. The number of nitrogens with one attached hydrogen (secondary N) is 1. The predicted octanol–water partition coefficient (Wildman–Crippen LogP) is 3.29. The smallest absolute Gasteiger partial charge is 0.332 e. The van der Waals surface area contributed by atoms with Crippen molar-refractivity contribution in [3.8, 4) is 0 Å². The SMILES string of the molecule is Cc1ccc(N2C(=O)N(CC(=O)N[C@@H](C)CCc3ccccc3)C(=O)[C@@H]2C)cc1. The molecule has 2 aromatic rings. The molecule has 6 heteroatoms. The molecule has 0 bridgehead atoms. The molecular weight excluding hydrogens is 366 g/mol. The zero-order valence-corrected chi connectivity index (χ0v) is 17.1. The lowest BCUT2D eigenvalue weighted by Gasteiger charge is -2.20. The fraction of sp³-hybridized carbons (Fsp3) is 0.348. The molecule has 2 atom stereocenters. The number of nitrogens with zero attached hydrogens (tertiary/aromatic N) is 2. The van der Waals surface area contributed by atoms with E-state index in [-0.39, 0.29) is 24.4 Å². The Morgan fingerprint density at radius 1 is 1.07 bits per heavy atom. The highest BCUT2D eigenvalue weighted by atomic mass is 16.2. The highest BCUT2D eigenvalue weighted by Gasteiger charge is 2.44. The highest BCUT2D eigenvalue weighted by molar-refractivity contribution is 6.15. The molecule has 0 spiro atoms. The molecule has 1 fully saturated rings. The number of urea groups is 1. The van der Waals surface area contributed by atoms with Crippen LogP contribution in [0.15, 0.2) is 54.6 Å². The Bertz CT molecular complexity index is 880. The van der Waals surface area contributed by atoms with Gasteiger partial charge in [-0.15, -0.1) is 0 Å². The summed E-state index contributed by atoms with van der Waals surface area (Å²) in [6, 6.07) is 16.3. The fourth-order valence-corrected chi connectivity index (χ4v) is 3.47. The molecule has 29 heavy (non-hydrogen) atoms. The third-order valence-electron chi connectivity index (χ3n) is 5.18. The molecule has 0 unspecified atom stereocenters. The number of aryl methyl sites for hydroxylation is 2. The number of carbonyl (C=O) groups excluding carboxylic acids is 3. The first kappa shape index (κ1) is 20.6. The molecule has 6 nitrogen and oxygen atoms in total. The highest BCUT2D eigenvalue weighted by Crippen LogP contribution is 2.25. The minimum Gasteiger partial charge on any atom is -0.352 e. The van der Waals surface area contributed by atoms with Gasteiger partial charge >= 0.3 is 6.03 Å². The molecule has 1 N–H and O–H groups in total. The van der Waals surface area contributed by atoms with Gasteiger partial charge in [0.15, 0.2) is 0 Å². The van der Waals surface area contributed by atoms with Gasteiger partial charge in [0.1, 0.15) is 12.6 Å². The van der Waals surface area contributed by atoms with Crippen LogP contribution in [0, 0.1) is 6.92 Å². The molecule has 152 valence electrons. The summed E-state index contributed by atoms with van der Waals surface area (Å²) in [5.74, 6) is -0.687. The summed E-state index contributed by atoms with van der Waals surface area (Å²) in [7, 11) is 0. The lowest BCUT2D eigenvalue weighted by molar-refractivity contribution is -0.132. The van der Waals surface area contributed by atoms with E-state index in [1.165, 1.54) is 10.5 Å². The molecule has 1 heterocycles. The van der Waals surface area contributed by atoms with Crippen molar-refractivity contribution in [3.63, 3.8) is 0 Å². The van der Waals surface area contributed by atoms with Crippen LogP contribution in [0.3, 0.4) is 0 Å². The van der Waals surface area contributed by atoms with E-state index in [2.05, 4.69) is 17.4 Å². The van der Waals surface area contributed by atoms with Gasteiger partial charge in [-0.1, -0.05) is 48.0 Å². The first-order chi connectivity index (χ1) is 13.9. The second kappa shape index (κ2) is 8.90. The van der Waals surface area contributed by atoms with E-state index in [1.54, 1.807) is 6.92 Å². The van der Waals surface area contributed by atoms with Gasteiger partial charge < -0.3 is 5.32 Å². The monoisotopic (exact) mass is 393 g/mol. The summed E-state index contributed by atoms with van der Waals surface area (Å²) in [4.78, 5) is 40.3. The van der Waals surface area contributed by atoms with Crippen molar-refractivity contribution in [2.24, 2.45) is 0 Å². The molecule has 1 saturated heterocycles. The van der Waals surface area contributed by atoms with Crippen LogP contribution in [0.2, 0.25) is 0 Å². The lowest BCUT2D eigenvalue weighted by Crippen LogP contribution is -2.44. The van der Waals surface area contributed by atoms with Gasteiger partial charge in [0.2, 0.25) is 5.91 Å². The van der Waals surface area contributed by atoms with Crippen LogP contribution >= 0.6 is 0 Å². The quantitative estimate of drug-likeness (QED) is 0.734. The second-order valence-corrected chi connectivity index (χ2v) is 7.58. The van der Waals surface area contributed by atoms with Crippen LogP contribution in [0.25, 0.3) is 0 Å². The van der Waals surface area contributed by atoms with Gasteiger partial charge in [-0.2, -0.15) is 0 Å². The largest absolute Gasteiger partial charge is 0.352 e. The van der Waals surface area contributed by atoms with Crippen molar-refractivity contribution in [1.29, 1.82) is 0 Å². The first-order valence-electron chi connectivity index (χ1n) is 9.91. The number of hydrogen-bond acceptors (Lipinski definition) is 3. The third-order valence-corrected chi connectivity index (χ3v) is 5.18. The van der Waals surface area contributed by atoms with E-state index in [4.69, 9.17) is 0 Å². The minimum atomic E-state index is -0.631. The standard InChI is InChI=1S/C23H27N3O3/c1-16-9-13-20(14-10-16)26-18(3)22(28)25(23(26)29)15-21(27)24-17(2)11-12-19-7-5-4-6-8-19/h4-10,13-14,17-18H,11-12,15H2,1-3H3,(H,24,27)/t17-,18-/m0/s1. The van der Waals surface area contributed by atoms with Crippen molar-refractivity contribution in [3.05, 3.63) is 65.7 Å². The number of anilines is 1. The summed E-state index contributed by atoms with van der Waals surface area (Å²) in [6.07, 6.45) is 1.63. The van der Waals surface area contributed by atoms with Crippen molar-refractivity contribution < 1.29 is 14.4 Å².